The summed E-state index contributed by atoms with van der Waals surface area (Å²) in [7, 11) is -3.78. The molecule has 10 nitrogen and oxygen atoms in total. The zero-order chi connectivity index (χ0) is 19.0. The van der Waals surface area contributed by atoms with E-state index >= 15 is 0 Å². The van der Waals surface area contributed by atoms with Crippen molar-refractivity contribution in [2.24, 2.45) is 0 Å². The van der Waals surface area contributed by atoms with Crippen molar-refractivity contribution >= 4 is 22.1 Å². The fraction of sp³-hybridized carbons (Fsp3) is 0.857. The van der Waals surface area contributed by atoms with Crippen LogP contribution in [0.1, 0.15) is 27.7 Å². The van der Waals surface area contributed by atoms with Gasteiger partial charge in [-0.1, -0.05) is 0 Å². The lowest BCUT2D eigenvalue weighted by molar-refractivity contribution is -0.233. The molecule has 2 heterocycles. The van der Waals surface area contributed by atoms with Crippen molar-refractivity contribution in [3.05, 3.63) is 0 Å². The summed E-state index contributed by atoms with van der Waals surface area (Å²) in [6, 6.07) is 0. The lowest BCUT2D eigenvalue weighted by atomic mass is 10.1. The third kappa shape index (κ3) is 5.35. The lowest BCUT2D eigenvalue weighted by Crippen LogP contribution is -2.47. The molecule has 2 saturated heterocycles. The van der Waals surface area contributed by atoms with Crippen LogP contribution in [0.2, 0.25) is 0 Å². The molecule has 2 rings (SSSR count). The summed E-state index contributed by atoms with van der Waals surface area (Å²) in [6.07, 6.45) is -3.86. The Morgan fingerprint density at radius 2 is 1.80 bits per heavy atom. The highest BCUT2D eigenvalue weighted by Crippen LogP contribution is 2.40. The summed E-state index contributed by atoms with van der Waals surface area (Å²) in [5.74, 6) is -2.22. The quantitative estimate of drug-likeness (QED) is 0.447. The largest absolute Gasteiger partial charge is 0.457 e. The van der Waals surface area contributed by atoms with Crippen molar-refractivity contribution in [3.63, 3.8) is 0 Å². The summed E-state index contributed by atoms with van der Waals surface area (Å²) in [5.41, 5.74) is 0. The van der Waals surface area contributed by atoms with Gasteiger partial charge in [0, 0.05) is 13.8 Å². The molecule has 5 atom stereocenters. The van der Waals surface area contributed by atoms with Gasteiger partial charge in [-0.15, -0.1) is 0 Å². The molecule has 0 unspecified atom stereocenters. The van der Waals surface area contributed by atoms with Crippen LogP contribution >= 0.6 is 0 Å². The molecule has 144 valence electrons. The lowest BCUT2D eigenvalue weighted by Gasteiger charge is -2.29. The van der Waals surface area contributed by atoms with Gasteiger partial charge >= 0.3 is 11.9 Å². The Kier molecular flexibility index (Phi) is 5.74. The zero-order valence-corrected chi connectivity index (χ0v) is 15.4. The van der Waals surface area contributed by atoms with Crippen LogP contribution in [0.3, 0.4) is 0 Å². The van der Waals surface area contributed by atoms with Crippen molar-refractivity contribution in [2.75, 3.05) is 12.9 Å². The first-order chi connectivity index (χ1) is 11.4. The van der Waals surface area contributed by atoms with Gasteiger partial charge in [-0.25, -0.2) is 0 Å². The van der Waals surface area contributed by atoms with E-state index in [0.29, 0.717) is 0 Å². The smallest absolute Gasteiger partial charge is 0.303 e. The van der Waals surface area contributed by atoms with Crippen LogP contribution in [0.5, 0.6) is 0 Å². The maximum Gasteiger partial charge on any atom is 0.303 e. The molecular formula is C14H22O10S. The van der Waals surface area contributed by atoms with Crippen LogP contribution in [0.15, 0.2) is 0 Å². The third-order valence-corrected chi connectivity index (χ3v) is 4.02. The van der Waals surface area contributed by atoms with E-state index in [1.165, 1.54) is 6.92 Å². The van der Waals surface area contributed by atoms with Crippen LogP contribution in [0.4, 0.5) is 0 Å². The van der Waals surface area contributed by atoms with Crippen molar-refractivity contribution in [1.82, 2.24) is 0 Å². The summed E-state index contributed by atoms with van der Waals surface area (Å²) >= 11 is 0. The van der Waals surface area contributed by atoms with Crippen LogP contribution in [0.25, 0.3) is 0 Å². The molecule has 0 bridgehead atoms. The van der Waals surface area contributed by atoms with E-state index in [1.54, 1.807) is 13.8 Å². The van der Waals surface area contributed by atoms with Crippen LogP contribution < -0.4 is 0 Å². The van der Waals surface area contributed by atoms with Crippen LogP contribution in [-0.2, 0) is 47.6 Å². The second kappa shape index (κ2) is 7.16. The number of fused-ring (bicyclic) bond motifs is 1. The van der Waals surface area contributed by atoms with Gasteiger partial charge in [-0.3, -0.25) is 13.8 Å². The number of esters is 2. The molecule has 0 radical (unpaired) electrons. The Morgan fingerprint density at radius 3 is 2.32 bits per heavy atom. The normalized spacial score (nSPS) is 32.0. The molecule has 0 N–H and O–H groups in total. The van der Waals surface area contributed by atoms with Gasteiger partial charge in [0.2, 0.25) is 0 Å². The SMILES string of the molecule is CC(=O)O[C@@H]1[C@H]2OC(C)(C)O[C@H]2O[C@@H]1[C@@H](COS(C)(=O)=O)OC(C)=O. The topological polar surface area (TPSA) is 124 Å². The Labute approximate surface area is 145 Å². The molecule has 0 aromatic carbocycles. The molecule has 2 aliphatic rings. The first kappa shape index (κ1) is 20.0. The van der Waals surface area contributed by atoms with Gasteiger partial charge in [-0.2, -0.15) is 8.42 Å². The second-order valence-corrected chi connectivity index (χ2v) is 7.92. The van der Waals surface area contributed by atoms with Crippen molar-refractivity contribution in [3.8, 4) is 0 Å². The minimum atomic E-state index is -3.78. The molecule has 25 heavy (non-hydrogen) atoms. The fourth-order valence-corrected chi connectivity index (χ4v) is 3.11. The highest BCUT2D eigenvalue weighted by Gasteiger charge is 2.59. The van der Waals surface area contributed by atoms with Gasteiger partial charge in [-0.05, 0) is 13.8 Å². The highest BCUT2D eigenvalue weighted by molar-refractivity contribution is 7.85. The van der Waals surface area contributed by atoms with E-state index in [-0.39, 0.29) is 0 Å². The molecule has 0 saturated carbocycles. The predicted molar refractivity (Wildman–Crippen MR) is 80.6 cm³/mol. The first-order valence-electron chi connectivity index (χ1n) is 7.58. The standard InChI is InChI=1S/C14H22O10S/c1-7(15)20-9(6-19-25(5,17)18)10-11(21-8(2)16)12-13(22-10)24-14(3,4)23-12/h9-13H,6H2,1-5H3/t9-,10-,11+,12-,13-/m1/s1. The Hall–Kier alpha value is -1.27. The number of rotatable bonds is 6. The molecule has 0 aromatic rings. The van der Waals surface area contributed by atoms with Crippen molar-refractivity contribution < 1.29 is 45.9 Å². The molecule has 0 amide bonds. The van der Waals surface area contributed by atoms with E-state index < -0.39 is 65.2 Å². The van der Waals surface area contributed by atoms with Gasteiger partial charge < -0.3 is 23.7 Å². The molecular weight excluding hydrogens is 360 g/mol. The molecule has 0 aromatic heterocycles. The van der Waals surface area contributed by atoms with Gasteiger partial charge in [0.25, 0.3) is 10.1 Å². The van der Waals surface area contributed by atoms with Gasteiger partial charge in [0.05, 0.1) is 6.26 Å². The Bertz CT molecular complexity index is 628. The summed E-state index contributed by atoms with van der Waals surface area (Å²) in [5, 5.41) is 0. The van der Waals surface area contributed by atoms with Gasteiger partial charge in [0.15, 0.2) is 30.4 Å². The van der Waals surface area contributed by atoms with E-state index in [4.69, 9.17) is 27.9 Å². The number of ether oxygens (including phenoxy) is 5. The minimum absolute atomic E-state index is 0.496. The Morgan fingerprint density at radius 1 is 1.16 bits per heavy atom. The van der Waals surface area contributed by atoms with E-state index in [1.807, 2.05) is 0 Å². The number of carbonyl (C=O) groups is 2. The monoisotopic (exact) mass is 382 g/mol. The second-order valence-electron chi connectivity index (χ2n) is 6.28. The van der Waals surface area contributed by atoms with E-state index in [0.717, 1.165) is 13.2 Å². The molecule has 2 fully saturated rings. The maximum atomic E-state index is 11.4. The van der Waals surface area contributed by atoms with E-state index in [9.17, 15) is 18.0 Å². The van der Waals surface area contributed by atoms with Crippen LogP contribution in [0, 0.1) is 0 Å². The van der Waals surface area contributed by atoms with Crippen molar-refractivity contribution in [1.29, 1.82) is 0 Å². The minimum Gasteiger partial charge on any atom is -0.457 e. The third-order valence-electron chi connectivity index (χ3n) is 3.46. The zero-order valence-electron chi connectivity index (χ0n) is 14.6. The maximum absolute atomic E-state index is 11.4. The van der Waals surface area contributed by atoms with E-state index in [2.05, 4.69) is 0 Å². The average molecular weight is 382 g/mol. The molecule has 0 aliphatic carbocycles. The average Bonchev–Trinajstić information content (AvgIpc) is 2.86. The summed E-state index contributed by atoms with van der Waals surface area (Å²) in [4.78, 5) is 22.8. The molecule has 2 aliphatic heterocycles. The predicted octanol–water partition coefficient (Wildman–Crippen LogP) is -0.298. The number of hydrogen-bond acceptors (Lipinski definition) is 10. The number of carbonyl (C=O) groups excluding carboxylic acids is 2. The van der Waals surface area contributed by atoms with Gasteiger partial charge in [0.1, 0.15) is 12.7 Å². The highest BCUT2D eigenvalue weighted by atomic mass is 32.2. The summed E-state index contributed by atoms with van der Waals surface area (Å²) < 4.78 is 54.5. The summed E-state index contributed by atoms with van der Waals surface area (Å²) in [6.45, 7) is 5.21. The van der Waals surface area contributed by atoms with Crippen molar-refractivity contribution in [2.45, 2.75) is 64.2 Å². The Balaban J connectivity index is 2.22. The fourth-order valence-electron chi connectivity index (χ4n) is 2.73. The molecule has 11 heteroatoms. The first-order valence-corrected chi connectivity index (χ1v) is 9.39. The molecule has 0 spiro atoms. The number of hydrogen-bond donors (Lipinski definition) is 0. The van der Waals surface area contributed by atoms with Crippen LogP contribution in [-0.4, -0.2) is 69.7 Å².